The molecule has 0 aromatic heterocycles. The van der Waals surface area contributed by atoms with Gasteiger partial charge in [-0.3, -0.25) is 0 Å². The molecule has 1 unspecified atom stereocenters. The van der Waals surface area contributed by atoms with Crippen molar-refractivity contribution in [1.82, 2.24) is 0 Å². The van der Waals surface area contributed by atoms with Gasteiger partial charge in [-0.2, -0.15) is 8.42 Å². The molecule has 0 N–H and O–H groups in total. The first-order valence-corrected chi connectivity index (χ1v) is 8.64. The van der Waals surface area contributed by atoms with Crippen LogP contribution >= 0.6 is 35.4 Å². The van der Waals surface area contributed by atoms with Crippen LogP contribution < -0.4 is 0 Å². The minimum absolute atomic E-state index is 0.0323. The lowest BCUT2D eigenvalue weighted by molar-refractivity contribution is 0.426. The quantitative estimate of drug-likeness (QED) is 0.773. The molecule has 0 radical (unpaired) electrons. The smallest absolute Gasteiger partial charge is 0.288 e. The minimum Gasteiger partial charge on any atom is -0.481 e. The molecule has 0 saturated carbocycles. The van der Waals surface area contributed by atoms with E-state index in [4.69, 9.17) is 40.2 Å². The third-order valence-electron chi connectivity index (χ3n) is 1.81. The largest absolute Gasteiger partial charge is 0.481 e. The third kappa shape index (κ3) is 3.89. The maximum atomic E-state index is 11.9. The lowest BCUT2D eigenvalue weighted by Crippen LogP contribution is -2.07. The summed E-state index contributed by atoms with van der Waals surface area (Å²) in [5.74, 6) is 0. The van der Waals surface area contributed by atoms with E-state index in [1.807, 2.05) is 0 Å². The summed E-state index contributed by atoms with van der Waals surface area (Å²) in [6, 6.07) is 3.98. The molecule has 0 bridgehead atoms. The van der Waals surface area contributed by atoms with Crippen molar-refractivity contribution in [3.8, 4) is 0 Å². The minimum atomic E-state index is -3.83. The van der Waals surface area contributed by atoms with Gasteiger partial charge in [-0.25, -0.2) is 0 Å². The van der Waals surface area contributed by atoms with E-state index in [1.165, 1.54) is 25.3 Å². The molecule has 0 aliphatic rings. The van der Waals surface area contributed by atoms with E-state index in [0.29, 0.717) is 0 Å². The molecule has 0 spiro atoms. The molecule has 0 aliphatic carbocycles. The standard InChI is InChI=1S/C9H9Cl2NO3S3/c1-15-9(16)17(2)12-18(13,14)6-3-4-7(10)8(11)5-6/h3-5H,1-2H3. The molecule has 1 aromatic carbocycles. The van der Waals surface area contributed by atoms with Crippen molar-refractivity contribution in [2.75, 3.05) is 13.4 Å². The van der Waals surface area contributed by atoms with Crippen LogP contribution in [0.4, 0.5) is 0 Å². The van der Waals surface area contributed by atoms with Crippen LogP contribution in [0.15, 0.2) is 26.9 Å². The second-order valence-corrected chi connectivity index (χ2v) is 7.85. The fourth-order valence-corrected chi connectivity index (χ4v) is 4.13. The van der Waals surface area contributed by atoms with Crippen molar-refractivity contribution >= 4 is 60.5 Å². The van der Waals surface area contributed by atoms with Crippen LogP contribution in [0.25, 0.3) is 0 Å². The van der Waals surface area contributed by atoms with Crippen LogP contribution in [-0.2, 0) is 25.5 Å². The van der Waals surface area contributed by atoms with Crippen molar-refractivity contribution in [2.24, 2.45) is 3.77 Å². The summed E-state index contributed by atoms with van der Waals surface area (Å²) in [5.41, 5.74) is 0. The summed E-state index contributed by atoms with van der Waals surface area (Å²) < 4.78 is 32.5. The molecule has 1 aromatic rings. The molecule has 0 aliphatic heterocycles. The summed E-state index contributed by atoms with van der Waals surface area (Å²) in [6.07, 6.45) is 1.56. The maximum Gasteiger partial charge on any atom is 0.288 e. The van der Waals surface area contributed by atoms with Gasteiger partial charge in [0, 0.05) is 6.26 Å². The van der Waals surface area contributed by atoms with Gasteiger partial charge in [-0.15, -0.1) is 3.77 Å². The van der Waals surface area contributed by atoms with Crippen LogP contribution in [0.3, 0.4) is 0 Å². The number of nitrogens with zero attached hydrogens (tertiary/aromatic N) is 1. The van der Waals surface area contributed by atoms with Gasteiger partial charge in [0.2, 0.25) is 4.38 Å². The van der Waals surface area contributed by atoms with Gasteiger partial charge in [0.05, 0.1) is 22.1 Å². The summed E-state index contributed by atoms with van der Waals surface area (Å²) >= 11 is 16.3. The van der Waals surface area contributed by atoms with E-state index >= 15 is 0 Å². The highest BCUT2D eigenvalue weighted by Gasteiger charge is 2.16. The Morgan fingerprint density at radius 3 is 2.50 bits per heavy atom. The van der Waals surface area contributed by atoms with Crippen LogP contribution in [-0.4, -0.2) is 26.2 Å². The number of benzene rings is 1. The van der Waals surface area contributed by atoms with Gasteiger partial charge in [0.25, 0.3) is 10.0 Å². The number of rotatable bonds is 2. The number of thiocarbonyl (C=S) groups is 1. The molecule has 0 heterocycles. The molecule has 0 amide bonds. The molecule has 1 atom stereocenters. The Labute approximate surface area is 123 Å². The number of hydrogen-bond acceptors (Lipinski definition) is 4. The Morgan fingerprint density at radius 1 is 1.39 bits per heavy atom. The van der Waals surface area contributed by atoms with Crippen molar-refractivity contribution in [3.05, 3.63) is 28.2 Å². The zero-order valence-corrected chi connectivity index (χ0v) is 13.3. The highest BCUT2D eigenvalue weighted by atomic mass is 35.5. The fourth-order valence-electron chi connectivity index (χ4n) is 0.979. The van der Waals surface area contributed by atoms with Gasteiger partial charge in [0.1, 0.15) is 0 Å². The SMILES string of the molecule is COC(=S)S(C)=NS(=O)(=O)c1ccc(Cl)c(Cl)c1. The highest BCUT2D eigenvalue weighted by Crippen LogP contribution is 2.25. The summed E-state index contributed by atoms with van der Waals surface area (Å²) in [4.78, 5) is -0.0323. The number of hydrogen-bond donors (Lipinski definition) is 0. The Morgan fingerprint density at radius 2 is 2.00 bits per heavy atom. The lowest BCUT2D eigenvalue weighted by Gasteiger charge is -2.04. The van der Waals surface area contributed by atoms with Crippen molar-refractivity contribution in [1.29, 1.82) is 0 Å². The number of methoxy groups -OCH3 is 1. The predicted octanol–water partition coefficient (Wildman–Crippen LogP) is 3.05. The molecular weight excluding hydrogens is 337 g/mol. The fraction of sp³-hybridized carbons (Fsp3) is 0.222. The molecule has 18 heavy (non-hydrogen) atoms. The van der Waals surface area contributed by atoms with E-state index in [1.54, 1.807) is 6.26 Å². The van der Waals surface area contributed by atoms with E-state index in [2.05, 4.69) is 3.77 Å². The van der Waals surface area contributed by atoms with Crippen LogP contribution in [0.5, 0.6) is 0 Å². The van der Waals surface area contributed by atoms with Crippen molar-refractivity contribution in [3.63, 3.8) is 0 Å². The Hall–Kier alpha value is -0.210. The first-order chi connectivity index (χ1) is 8.27. The van der Waals surface area contributed by atoms with Gasteiger partial charge in [-0.05, 0) is 41.1 Å². The maximum absolute atomic E-state index is 11.9. The van der Waals surface area contributed by atoms with Gasteiger partial charge < -0.3 is 4.74 Å². The normalized spacial score (nSPS) is 13.3. The molecule has 100 valence electrons. The Balaban J connectivity index is 3.22. The zero-order chi connectivity index (χ0) is 13.9. The monoisotopic (exact) mass is 345 g/mol. The molecule has 9 heteroatoms. The Kier molecular flexibility index (Phi) is 5.54. The second kappa shape index (κ2) is 6.29. The van der Waals surface area contributed by atoms with Gasteiger partial charge in [0.15, 0.2) is 0 Å². The number of halogens is 2. The van der Waals surface area contributed by atoms with E-state index in [-0.39, 0.29) is 19.3 Å². The van der Waals surface area contributed by atoms with Crippen molar-refractivity contribution < 1.29 is 13.2 Å². The first-order valence-electron chi connectivity index (χ1n) is 4.45. The zero-order valence-electron chi connectivity index (χ0n) is 9.38. The van der Waals surface area contributed by atoms with E-state index < -0.39 is 20.7 Å². The molecule has 1 rings (SSSR count). The van der Waals surface area contributed by atoms with E-state index in [0.717, 1.165) is 0 Å². The van der Waals surface area contributed by atoms with Gasteiger partial charge >= 0.3 is 0 Å². The second-order valence-electron chi connectivity index (χ2n) is 3.06. The first kappa shape index (κ1) is 15.8. The average Bonchev–Trinajstić information content (AvgIpc) is 2.30. The highest BCUT2D eigenvalue weighted by molar-refractivity contribution is 8.16. The number of ether oxygens (including phenoxy) is 1. The third-order valence-corrected chi connectivity index (χ3v) is 6.61. The Bertz CT molecular complexity index is 613. The van der Waals surface area contributed by atoms with Gasteiger partial charge in [-0.1, -0.05) is 23.2 Å². The molecule has 4 nitrogen and oxygen atoms in total. The van der Waals surface area contributed by atoms with Crippen LogP contribution in [0.1, 0.15) is 0 Å². The van der Waals surface area contributed by atoms with Crippen LogP contribution in [0.2, 0.25) is 10.0 Å². The summed E-state index contributed by atoms with van der Waals surface area (Å²) in [5, 5.41) is 0.428. The summed E-state index contributed by atoms with van der Waals surface area (Å²) in [7, 11) is -3.49. The van der Waals surface area contributed by atoms with E-state index in [9.17, 15) is 8.42 Å². The lowest BCUT2D eigenvalue weighted by atomic mass is 10.4. The number of sulfonamides is 1. The predicted molar refractivity (Wildman–Crippen MR) is 79.0 cm³/mol. The summed E-state index contributed by atoms with van der Waals surface area (Å²) in [6.45, 7) is 0. The molecule has 0 saturated heterocycles. The van der Waals surface area contributed by atoms with Crippen LogP contribution in [0, 0.1) is 0 Å². The molecular formula is C9H9Cl2NO3S3. The topological polar surface area (TPSA) is 55.7 Å². The van der Waals surface area contributed by atoms with Crippen molar-refractivity contribution in [2.45, 2.75) is 4.90 Å². The average molecular weight is 346 g/mol. The molecule has 0 fully saturated rings.